The summed E-state index contributed by atoms with van der Waals surface area (Å²) in [7, 11) is 0. The average molecular weight is 498 g/mol. The molecule has 0 aromatic rings. The van der Waals surface area contributed by atoms with Crippen molar-refractivity contribution >= 4 is 46.8 Å². The summed E-state index contributed by atoms with van der Waals surface area (Å²) in [5.74, 6) is -6.24. The molecular formula is C20H22N2O11S. The molecule has 2 rings (SSSR count). The molecule has 6 atom stereocenters. The molecule has 0 aromatic heterocycles. The first-order valence-electron chi connectivity index (χ1n) is 9.77. The largest absolute Gasteiger partial charge is 0.508 e. The number of hydrogen-bond acceptors (Lipinski definition) is 13. The number of carboxylic acid groups (broad SMARTS) is 1. The lowest BCUT2D eigenvalue weighted by atomic mass is 9.75. The number of hydrogen-bond donors (Lipinski definition) is 5. The normalized spacial score (nSPS) is 32.0. The van der Waals surface area contributed by atoms with Gasteiger partial charge in [-0.05, 0) is 26.1 Å². The van der Waals surface area contributed by atoms with Gasteiger partial charge in [0.25, 0.3) is 0 Å². The number of aliphatic hydroxyl groups is 3. The maximum absolute atomic E-state index is 12.4. The second kappa shape index (κ2) is 10.3. The number of Topliss-reactive ketones (excluding diaryl/α,β-unsaturated/α-hetero) is 1. The van der Waals surface area contributed by atoms with Gasteiger partial charge in [-0.3, -0.25) is 15.0 Å². The minimum Gasteiger partial charge on any atom is -0.508 e. The van der Waals surface area contributed by atoms with Crippen LogP contribution in [0.1, 0.15) is 27.2 Å². The third-order valence-corrected chi connectivity index (χ3v) is 5.37. The summed E-state index contributed by atoms with van der Waals surface area (Å²) in [5.41, 5.74) is -5.26. The van der Waals surface area contributed by atoms with Crippen molar-refractivity contribution in [2.75, 3.05) is 0 Å². The zero-order chi connectivity index (χ0) is 26.0. The topological polar surface area (TPSA) is 213 Å². The third kappa shape index (κ3) is 4.95. The number of aliphatic carboxylic acids is 1. The summed E-state index contributed by atoms with van der Waals surface area (Å²) in [5, 5.41) is 51.4. The number of carbonyl (C=O) groups excluding carboxylic acids is 3. The van der Waals surface area contributed by atoms with Crippen LogP contribution in [0.4, 0.5) is 0 Å². The van der Waals surface area contributed by atoms with Crippen molar-refractivity contribution < 1.29 is 53.8 Å². The zero-order valence-corrected chi connectivity index (χ0v) is 19.0. The first kappa shape index (κ1) is 27.0. The molecule has 1 aliphatic carbocycles. The lowest BCUT2D eigenvalue weighted by Gasteiger charge is -2.48. The fourth-order valence-corrected chi connectivity index (χ4v) is 3.80. The van der Waals surface area contributed by atoms with Gasteiger partial charge in [0.15, 0.2) is 29.3 Å². The smallest absolute Gasteiger partial charge is 0.357 e. The number of esters is 2. The van der Waals surface area contributed by atoms with Crippen LogP contribution in [-0.4, -0.2) is 91.1 Å². The Bertz CT molecular complexity index is 1050. The summed E-state index contributed by atoms with van der Waals surface area (Å²) in [6, 6.07) is 0. The van der Waals surface area contributed by atoms with E-state index in [2.05, 4.69) is 17.2 Å². The highest BCUT2D eigenvalue weighted by Crippen LogP contribution is 2.40. The number of ketones is 1. The monoisotopic (exact) mass is 498 g/mol. The Labute approximate surface area is 197 Å². The number of nitrogens with zero attached hydrogens (tertiary/aromatic N) is 1. The van der Waals surface area contributed by atoms with Crippen LogP contribution in [0.2, 0.25) is 0 Å². The standard InChI is InChI=1S/C20H22N2O11S/c1-4-9(22-6-34)19(29)33-14-7(2)31-17(13(25)15(14)32-8(3)23)20(30)5-10(24)12(21)11(16(20)26)18(27)28/h4,7,13-15,17,21,25-26,30H,5H2,1-3H3,(H,27,28). The van der Waals surface area contributed by atoms with Crippen LogP contribution in [0.15, 0.2) is 28.1 Å². The molecular weight excluding hydrogens is 476 g/mol. The van der Waals surface area contributed by atoms with Crippen LogP contribution < -0.4 is 0 Å². The Morgan fingerprint density at radius 3 is 2.44 bits per heavy atom. The molecule has 2 aliphatic rings. The number of carboxylic acids is 1. The Morgan fingerprint density at radius 1 is 1.32 bits per heavy atom. The Morgan fingerprint density at radius 2 is 1.94 bits per heavy atom. The molecule has 184 valence electrons. The lowest BCUT2D eigenvalue weighted by Crippen LogP contribution is -2.67. The number of rotatable bonds is 6. The van der Waals surface area contributed by atoms with E-state index < -0.39 is 83.3 Å². The zero-order valence-electron chi connectivity index (χ0n) is 18.2. The highest BCUT2D eigenvalue weighted by atomic mass is 32.1. The van der Waals surface area contributed by atoms with E-state index in [9.17, 15) is 39.6 Å². The van der Waals surface area contributed by atoms with E-state index in [0.29, 0.717) is 0 Å². The quantitative estimate of drug-likeness (QED) is 0.137. The molecule has 0 saturated carbocycles. The van der Waals surface area contributed by atoms with Crippen molar-refractivity contribution in [1.29, 1.82) is 5.41 Å². The molecule has 0 spiro atoms. The molecule has 5 N–H and O–H groups in total. The summed E-state index contributed by atoms with van der Waals surface area (Å²) < 4.78 is 15.9. The van der Waals surface area contributed by atoms with Crippen molar-refractivity contribution in [3.05, 3.63) is 23.1 Å². The molecule has 0 radical (unpaired) electrons. The summed E-state index contributed by atoms with van der Waals surface area (Å²) >= 11 is 4.46. The molecule has 0 aromatic carbocycles. The van der Waals surface area contributed by atoms with Gasteiger partial charge in [0.2, 0.25) is 0 Å². The Kier molecular flexibility index (Phi) is 8.18. The number of nitrogens with one attached hydrogen (secondary N) is 1. The molecule has 0 bridgehead atoms. The Hall–Kier alpha value is -3.29. The number of carbonyl (C=O) groups is 4. The van der Waals surface area contributed by atoms with Gasteiger partial charge in [0.05, 0.1) is 17.7 Å². The first-order chi connectivity index (χ1) is 15.8. The van der Waals surface area contributed by atoms with Crippen LogP contribution in [0.3, 0.4) is 0 Å². The van der Waals surface area contributed by atoms with Crippen molar-refractivity contribution in [2.45, 2.75) is 63.3 Å². The maximum atomic E-state index is 12.4. The van der Waals surface area contributed by atoms with Gasteiger partial charge in [-0.2, -0.15) is 4.99 Å². The summed E-state index contributed by atoms with van der Waals surface area (Å²) in [6.45, 7) is 3.78. The van der Waals surface area contributed by atoms with Crippen LogP contribution in [0.25, 0.3) is 0 Å². The van der Waals surface area contributed by atoms with Crippen LogP contribution >= 0.6 is 12.2 Å². The highest BCUT2D eigenvalue weighted by Gasteiger charge is 2.60. The van der Waals surface area contributed by atoms with E-state index in [1.54, 1.807) is 0 Å². The van der Waals surface area contributed by atoms with E-state index in [-0.39, 0.29) is 5.70 Å². The molecule has 34 heavy (non-hydrogen) atoms. The van der Waals surface area contributed by atoms with E-state index in [1.165, 1.54) is 19.9 Å². The summed E-state index contributed by atoms with van der Waals surface area (Å²) in [4.78, 5) is 51.4. The number of isothiocyanates is 1. The second-order valence-electron chi connectivity index (χ2n) is 7.50. The SMILES string of the molecule is CC=C(N=C=S)C(=O)OC1C(C)OC(C2(O)CC(=O)C(=N)C(C(=O)O)=C2O)C(O)C1OC(C)=O. The van der Waals surface area contributed by atoms with E-state index in [1.807, 2.05) is 5.16 Å². The highest BCUT2D eigenvalue weighted by molar-refractivity contribution is 7.78. The molecule has 1 aliphatic heterocycles. The van der Waals surface area contributed by atoms with Gasteiger partial charge in [-0.15, -0.1) is 0 Å². The minimum absolute atomic E-state index is 0.248. The van der Waals surface area contributed by atoms with Crippen LogP contribution in [-0.2, 0) is 33.4 Å². The van der Waals surface area contributed by atoms with E-state index >= 15 is 0 Å². The molecule has 13 nitrogen and oxygen atoms in total. The van der Waals surface area contributed by atoms with Crippen LogP contribution in [0, 0.1) is 5.41 Å². The van der Waals surface area contributed by atoms with Gasteiger partial charge in [-0.25, -0.2) is 9.59 Å². The molecule has 6 unspecified atom stereocenters. The fourth-order valence-electron chi connectivity index (χ4n) is 3.71. The first-order valence-corrected chi connectivity index (χ1v) is 10.2. The molecule has 14 heteroatoms. The second-order valence-corrected chi connectivity index (χ2v) is 7.68. The molecule has 1 fully saturated rings. The number of aliphatic imine (C=N–C) groups is 1. The summed E-state index contributed by atoms with van der Waals surface area (Å²) in [6.07, 6.45) is -8.05. The van der Waals surface area contributed by atoms with Gasteiger partial charge in [0.1, 0.15) is 29.3 Å². The number of thiocarbonyl (C=S) groups is 1. The van der Waals surface area contributed by atoms with Crippen LogP contribution in [0.5, 0.6) is 0 Å². The molecule has 0 amide bonds. The van der Waals surface area contributed by atoms with Gasteiger partial charge >= 0.3 is 17.9 Å². The van der Waals surface area contributed by atoms with Crippen molar-refractivity contribution in [3.8, 4) is 0 Å². The van der Waals surface area contributed by atoms with Crippen molar-refractivity contribution in [2.24, 2.45) is 4.99 Å². The predicted molar refractivity (Wildman–Crippen MR) is 114 cm³/mol. The number of ether oxygens (including phenoxy) is 3. The number of aliphatic hydroxyl groups excluding tert-OH is 2. The Balaban J connectivity index is 2.52. The van der Waals surface area contributed by atoms with E-state index in [4.69, 9.17) is 19.6 Å². The average Bonchev–Trinajstić information content (AvgIpc) is 2.74. The third-order valence-electron chi connectivity index (χ3n) is 5.28. The molecule has 1 heterocycles. The van der Waals surface area contributed by atoms with E-state index in [0.717, 1.165) is 6.92 Å². The van der Waals surface area contributed by atoms with Gasteiger partial charge in [0, 0.05) is 6.92 Å². The number of allylic oxidation sites excluding steroid dienone is 1. The maximum Gasteiger partial charge on any atom is 0.357 e. The molecule has 1 saturated heterocycles. The van der Waals surface area contributed by atoms with Crippen molar-refractivity contribution in [1.82, 2.24) is 0 Å². The predicted octanol–water partition coefficient (Wildman–Crippen LogP) is -0.395. The minimum atomic E-state index is -2.80. The fraction of sp³-hybridized carbons (Fsp3) is 0.500. The van der Waals surface area contributed by atoms with Gasteiger partial charge < -0.3 is 34.6 Å². The lowest BCUT2D eigenvalue weighted by molar-refractivity contribution is -0.267. The van der Waals surface area contributed by atoms with Crippen molar-refractivity contribution in [3.63, 3.8) is 0 Å². The van der Waals surface area contributed by atoms with Gasteiger partial charge in [-0.1, -0.05) is 6.08 Å².